The fourth-order valence-electron chi connectivity index (χ4n) is 7.43. The predicted octanol–water partition coefficient (Wildman–Crippen LogP) is 4.26. The maximum Gasteiger partial charge on any atom is 0.190 e. The smallest absolute Gasteiger partial charge is 0.190 e. The minimum Gasteiger partial charge on any atom is -0.393 e. The lowest BCUT2D eigenvalue weighted by Gasteiger charge is -2.61. The van der Waals surface area contributed by atoms with Gasteiger partial charge in [-0.25, -0.2) is 0 Å². The van der Waals surface area contributed by atoms with Crippen molar-refractivity contribution in [3.8, 4) is 0 Å². The van der Waals surface area contributed by atoms with Gasteiger partial charge in [-0.1, -0.05) is 64.8 Å². The molecule has 0 amide bonds. The predicted molar refractivity (Wildman–Crippen MR) is 120 cm³/mol. The lowest BCUT2D eigenvalue weighted by molar-refractivity contribution is -0.183. The van der Waals surface area contributed by atoms with Gasteiger partial charge < -0.3 is 15.3 Å². The first-order valence-electron chi connectivity index (χ1n) is 11.6. The summed E-state index contributed by atoms with van der Waals surface area (Å²) in [6, 6.07) is 0. The van der Waals surface area contributed by atoms with Gasteiger partial charge in [0.15, 0.2) is 5.78 Å². The molecule has 5 heteroatoms. The van der Waals surface area contributed by atoms with Crippen LogP contribution in [0.2, 0.25) is 0 Å². The second-order valence-corrected chi connectivity index (χ2v) is 11.0. The first kappa shape index (κ1) is 24.0. The standard InChI is InChI=1S/C22H31ClO4.C3H8/c1-12-8-14-18-15(23)9-13-6-4-5-7-20(13,2)19(18)16(25)10-21(14,3)22(12,27)17(26)11-24;1-3-2/h5-7,12,14-16,18-19,24-25,27H,4,8-11H2,1-3H3;3H2,1-2H3/t12-,14+,15-,16+,18-,19+,20+,21+,22+;/m1./s1. The van der Waals surface area contributed by atoms with E-state index >= 15 is 0 Å². The third kappa shape index (κ3) is 3.17. The summed E-state index contributed by atoms with van der Waals surface area (Å²) in [6.45, 7) is 9.58. The zero-order valence-corrected chi connectivity index (χ0v) is 19.8. The zero-order chi connectivity index (χ0) is 22.5. The number of halogens is 1. The molecule has 0 aromatic rings. The van der Waals surface area contributed by atoms with Crippen molar-refractivity contribution in [3.05, 3.63) is 23.8 Å². The van der Waals surface area contributed by atoms with E-state index in [-0.39, 0.29) is 34.5 Å². The van der Waals surface area contributed by atoms with Crippen LogP contribution in [0.3, 0.4) is 0 Å². The quantitative estimate of drug-likeness (QED) is 0.444. The molecular formula is C25H39ClO4. The fraction of sp³-hybridized carbons (Fsp3) is 0.800. The Morgan fingerprint density at radius 3 is 2.53 bits per heavy atom. The van der Waals surface area contributed by atoms with Crippen molar-refractivity contribution >= 4 is 17.4 Å². The Morgan fingerprint density at radius 2 is 1.93 bits per heavy atom. The Balaban J connectivity index is 0.000000806. The Hall–Kier alpha value is -0.680. The molecular weight excluding hydrogens is 400 g/mol. The summed E-state index contributed by atoms with van der Waals surface area (Å²) >= 11 is 6.93. The average Bonchev–Trinajstić information content (AvgIpc) is 2.89. The van der Waals surface area contributed by atoms with E-state index in [2.05, 4.69) is 39.0 Å². The summed E-state index contributed by atoms with van der Waals surface area (Å²) in [6.07, 6.45) is 9.97. The number of carbonyl (C=O) groups excluding carboxylic acids is 1. The molecule has 0 aromatic heterocycles. The minimum atomic E-state index is -1.62. The SMILES string of the molecule is CCC.C[C@@H]1C[C@H]2[C@H]3[C@H]([C@@H](O)C[C@]2(C)[C@@]1(O)C(=O)CO)[C@@]1(C)C=CCC=C1C[C@H]3Cl. The van der Waals surface area contributed by atoms with Crippen molar-refractivity contribution in [2.75, 3.05) is 6.61 Å². The van der Waals surface area contributed by atoms with Crippen molar-refractivity contribution in [1.29, 1.82) is 0 Å². The molecule has 4 nitrogen and oxygen atoms in total. The van der Waals surface area contributed by atoms with Crippen molar-refractivity contribution in [2.45, 2.75) is 83.8 Å². The number of Topliss-reactive ketones (excluding diaryl/α,β-unsaturated/α-hetero) is 1. The number of allylic oxidation sites excluding steroid dienone is 4. The van der Waals surface area contributed by atoms with E-state index in [9.17, 15) is 20.1 Å². The fourth-order valence-corrected chi connectivity index (χ4v) is 7.93. The Kier molecular flexibility index (Phi) is 6.67. The molecule has 0 aromatic carbocycles. The molecule has 4 aliphatic carbocycles. The molecule has 3 N–H and O–H groups in total. The molecule has 3 saturated carbocycles. The highest BCUT2D eigenvalue weighted by molar-refractivity contribution is 6.21. The molecule has 0 bridgehead atoms. The highest BCUT2D eigenvalue weighted by Crippen LogP contribution is 2.68. The molecule has 170 valence electrons. The maximum absolute atomic E-state index is 12.6. The van der Waals surface area contributed by atoms with E-state index in [0.29, 0.717) is 12.8 Å². The molecule has 0 unspecified atom stereocenters. The molecule has 9 atom stereocenters. The molecule has 3 fully saturated rings. The van der Waals surface area contributed by atoms with Gasteiger partial charge in [0.1, 0.15) is 12.2 Å². The van der Waals surface area contributed by atoms with E-state index in [1.54, 1.807) is 0 Å². The van der Waals surface area contributed by atoms with Gasteiger partial charge >= 0.3 is 0 Å². The van der Waals surface area contributed by atoms with Gasteiger partial charge in [0.25, 0.3) is 0 Å². The molecule has 0 saturated heterocycles. The Bertz CT molecular complexity index is 733. The van der Waals surface area contributed by atoms with E-state index in [0.717, 1.165) is 12.8 Å². The summed E-state index contributed by atoms with van der Waals surface area (Å²) in [5, 5.41) is 32.2. The number of hydrogen-bond acceptors (Lipinski definition) is 4. The highest BCUT2D eigenvalue weighted by Gasteiger charge is 2.71. The van der Waals surface area contributed by atoms with Gasteiger partial charge in [0.05, 0.1) is 6.10 Å². The van der Waals surface area contributed by atoms with Crippen LogP contribution in [-0.4, -0.2) is 44.8 Å². The minimum absolute atomic E-state index is 0.0200. The summed E-state index contributed by atoms with van der Waals surface area (Å²) < 4.78 is 0. The number of alkyl halides is 1. The van der Waals surface area contributed by atoms with Crippen LogP contribution in [0.15, 0.2) is 23.8 Å². The third-order valence-electron chi connectivity index (χ3n) is 8.69. The Morgan fingerprint density at radius 1 is 1.30 bits per heavy atom. The van der Waals surface area contributed by atoms with Crippen LogP contribution in [0.4, 0.5) is 0 Å². The number of ketones is 1. The average molecular weight is 439 g/mol. The summed E-state index contributed by atoms with van der Waals surface area (Å²) in [4.78, 5) is 12.6. The number of fused-ring (bicyclic) bond motifs is 5. The monoisotopic (exact) mass is 438 g/mol. The van der Waals surface area contributed by atoms with Crippen LogP contribution >= 0.6 is 11.6 Å². The van der Waals surface area contributed by atoms with Crippen LogP contribution in [0.1, 0.15) is 66.7 Å². The van der Waals surface area contributed by atoms with E-state index in [1.807, 2.05) is 13.8 Å². The van der Waals surface area contributed by atoms with Crippen LogP contribution in [-0.2, 0) is 4.79 Å². The van der Waals surface area contributed by atoms with Crippen LogP contribution in [0, 0.1) is 34.5 Å². The summed E-state index contributed by atoms with van der Waals surface area (Å²) in [7, 11) is 0. The van der Waals surface area contributed by atoms with E-state index < -0.39 is 29.5 Å². The largest absolute Gasteiger partial charge is 0.393 e. The molecule has 4 rings (SSSR count). The topological polar surface area (TPSA) is 77.8 Å². The summed E-state index contributed by atoms with van der Waals surface area (Å²) in [5.74, 6) is -0.759. The van der Waals surface area contributed by atoms with Crippen molar-refractivity contribution in [3.63, 3.8) is 0 Å². The van der Waals surface area contributed by atoms with E-state index in [4.69, 9.17) is 11.6 Å². The molecule has 4 aliphatic rings. The van der Waals surface area contributed by atoms with Crippen molar-refractivity contribution in [1.82, 2.24) is 0 Å². The molecule has 0 radical (unpaired) electrons. The van der Waals surface area contributed by atoms with Crippen LogP contribution < -0.4 is 0 Å². The van der Waals surface area contributed by atoms with Crippen molar-refractivity contribution in [2.24, 2.45) is 34.5 Å². The lowest BCUT2D eigenvalue weighted by Crippen LogP contribution is -2.64. The van der Waals surface area contributed by atoms with Gasteiger partial charge in [-0.2, -0.15) is 0 Å². The third-order valence-corrected chi connectivity index (χ3v) is 9.13. The molecule has 0 heterocycles. The number of aliphatic hydroxyl groups is 3. The maximum atomic E-state index is 12.6. The summed E-state index contributed by atoms with van der Waals surface area (Å²) in [5.41, 5.74) is -1.31. The lowest BCUT2D eigenvalue weighted by atomic mass is 9.46. The highest BCUT2D eigenvalue weighted by atomic mass is 35.5. The first-order chi connectivity index (χ1) is 14.0. The number of hydrogen-bond donors (Lipinski definition) is 3. The second-order valence-electron chi connectivity index (χ2n) is 10.5. The molecule has 0 aliphatic heterocycles. The van der Waals surface area contributed by atoms with Gasteiger partial charge in [-0.3, -0.25) is 4.79 Å². The zero-order valence-electron chi connectivity index (χ0n) is 19.1. The number of rotatable bonds is 2. The molecule has 0 spiro atoms. The van der Waals surface area contributed by atoms with Gasteiger partial charge in [0.2, 0.25) is 0 Å². The second kappa shape index (κ2) is 8.35. The van der Waals surface area contributed by atoms with Crippen LogP contribution in [0.5, 0.6) is 0 Å². The Labute approximate surface area is 186 Å². The molecule has 30 heavy (non-hydrogen) atoms. The first-order valence-corrected chi connectivity index (χ1v) is 12.0. The number of carbonyl (C=O) groups is 1. The normalized spacial score (nSPS) is 49.2. The van der Waals surface area contributed by atoms with Gasteiger partial charge in [0, 0.05) is 22.1 Å². The van der Waals surface area contributed by atoms with Crippen LogP contribution in [0.25, 0.3) is 0 Å². The van der Waals surface area contributed by atoms with Crippen molar-refractivity contribution < 1.29 is 20.1 Å². The van der Waals surface area contributed by atoms with Gasteiger partial charge in [-0.05, 0) is 43.4 Å². The number of aliphatic hydroxyl groups excluding tert-OH is 2. The van der Waals surface area contributed by atoms with Gasteiger partial charge in [-0.15, -0.1) is 11.6 Å². The van der Waals surface area contributed by atoms with E-state index in [1.165, 1.54) is 12.0 Å².